The molecule has 1 aromatic carbocycles. The number of carboxylic acids is 1. The molecule has 9 rings (SSSR count). The summed E-state index contributed by atoms with van der Waals surface area (Å²) in [5.41, 5.74) is 2.99. The van der Waals surface area contributed by atoms with Crippen molar-refractivity contribution in [3.63, 3.8) is 0 Å². The average Bonchev–Trinajstić information content (AvgIpc) is 3.74. The molecular formula is C33H38N6O4. The SMILES string of the molecule is Cc1cc(N2CC[C@](C)(c3ccccc3)C2)cn2nc(C(=O)N3CC[C@@]4(CCN(C(=O)C56CC(C(=O)O)(C5)C6)C4)C3)nc12. The van der Waals surface area contributed by atoms with E-state index in [1.165, 1.54) is 5.56 Å². The summed E-state index contributed by atoms with van der Waals surface area (Å²) < 4.78 is 1.76. The molecule has 3 saturated heterocycles. The van der Waals surface area contributed by atoms with E-state index in [0.29, 0.717) is 51.1 Å². The molecule has 3 saturated carbocycles. The van der Waals surface area contributed by atoms with Crippen LogP contribution in [0.25, 0.3) is 5.65 Å². The van der Waals surface area contributed by atoms with Crippen molar-refractivity contribution in [1.82, 2.24) is 24.4 Å². The summed E-state index contributed by atoms with van der Waals surface area (Å²) in [6.07, 6.45) is 6.21. The van der Waals surface area contributed by atoms with Gasteiger partial charge in [0.1, 0.15) is 0 Å². The van der Waals surface area contributed by atoms with Crippen LogP contribution < -0.4 is 4.90 Å². The van der Waals surface area contributed by atoms with Crippen molar-refractivity contribution >= 4 is 29.1 Å². The average molecular weight is 583 g/mol. The molecule has 2 amide bonds. The number of benzene rings is 1. The minimum atomic E-state index is -0.765. The van der Waals surface area contributed by atoms with Gasteiger partial charge in [0.15, 0.2) is 5.65 Å². The van der Waals surface area contributed by atoms with Crippen molar-refractivity contribution in [2.45, 2.75) is 57.8 Å². The van der Waals surface area contributed by atoms with Crippen molar-refractivity contribution < 1.29 is 19.5 Å². The molecule has 10 heteroatoms. The molecule has 3 aliphatic carbocycles. The molecule has 0 radical (unpaired) electrons. The number of nitrogens with zero attached hydrogens (tertiary/aromatic N) is 6. The number of hydrogen-bond donors (Lipinski definition) is 1. The number of fused-ring (bicyclic) bond motifs is 1. The highest BCUT2D eigenvalue weighted by Crippen LogP contribution is 2.74. The van der Waals surface area contributed by atoms with Gasteiger partial charge < -0.3 is 19.8 Å². The van der Waals surface area contributed by atoms with Crippen LogP contribution in [0.1, 0.15) is 67.2 Å². The lowest BCUT2D eigenvalue weighted by atomic mass is 9.34. The molecular weight excluding hydrogens is 544 g/mol. The molecule has 2 aromatic heterocycles. The van der Waals surface area contributed by atoms with Gasteiger partial charge in [-0.3, -0.25) is 14.4 Å². The number of carboxylic acid groups (broad SMARTS) is 1. The van der Waals surface area contributed by atoms with Crippen LogP contribution in [0.4, 0.5) is 5.69 Å². The van der Waals surface area contributed by atoms with Gasteiger partial charge in [-0.2, -0.15) is 0 Å². The molecule has 6 aliphatic rings. The fraction of sp³-hybridized carbons (Fsp3) is 0.545. The number of likely N-dealkylation sites (tertiary alicyclic amines) is 2. The van der Waals surface area contributed by atoms with Gasteiger partial charge in [-0.25, -0.2) is 9.50 Å². The smallest absolute Gasteiger partial charge is 0.309 e. The molecule has 2 bridgehead atoms. The summed E-state index contributed by atoms with van der Waals surface area (Å²) in [6, 6.07) is 12.8. The maximum Gasteiger partial charge on any atom is 0.309 e. The van der Waals surface area contributed by atoms with E-state index in [1.807, 2.05) is 22.9 Å². The highest BCUT2D eigenvalue weighted by atomic mass is 16.4. The first kappa shape index (κ1) is 26.7. The lowest BCUT2D eigenvalue weighted by molar-refractivity contribution is -0.225. The third-order valence-corrected chi connectivity index (χ3v) is 11.5. The Hall–Kier alpha value is -3.95. The van der Waals surface area contributed by atoms with E-state index in [4.69, 9.17) is 0 Å². The van der Waals surface area contributed by atoms with E-state index in [0.717, 1.165) is 43.6 Å². The number of hydrogen-bond acceptors (Lipinski definition) is 6. The van der Waals surface area contributed by atoms with Crippen molar-refractivity contribution in [3.05, 3.63) is 59.5 Å². The summed E-state index contributed by atoms with van der Waals surface area (Å²) in [7, 11) is 0. The molecule has 10 nitrogen and oxygen atoms in total. The highest BCUT2D eigenvalue weighted by molar-refractivity contribution is 5.94. The molecule has 224 valence electrons. The number of carbonyl (C=O) groups is 3. The van der Waals surface area contributed by atoms with Crippen LogP contribution in [0.3, 0.4) is 0 Å². The Labute approximate surface area is 250 Å². The summed E-state index contributed by atoms with van der Waals surface area (Å²) in [5, 5.41) is 14.1. The van der Waals surface area contributed by atoms with Crippen LogP contribution in [0, 0.1) is 23.2 Å². The first-order valence-electron chi connectivity index (χ1n) is 15.5. The van der Waals surface area contributed by atoms with Crippen molar-refractivity contribution in [2.24, 2.45) is 16.2 Å². The van der Waals surface area contributed by atoms with Crippen molar-refractivity contribution in [1.29, 1.82) is 0 Å². The molecule has 6 fully saturated rings. The monoisotopic (exact) mass is 582 g/mol. The molecule has 3 aliphatic heterocycles. The van der Waals surface area contributed by atoms with Crippen LogP contribution >= 0.6 is 0 Å². The number of aliphatic carboxylic acids is 1. The van der Waals surface area contributed by atoms with Gasteiger partial charge in [0, 0.05) is 50.1 Å². The van der Waals surface area contributed by atoms with Crippen molar-refractivity contribution in [2.75, 3.05) is 44.2 Å². The number of aryl methyl sites for hydroxylation is 1. The summed E-state index contributed by atoms with van der Waals surface area (Å²) in [5.74, 6) is -0.592. The summed E-state index contributed by atoms with van der Waals surface area (Å²) >= 11 is 0. The topological polar surface area (TPSA) is 111 Å². The van der Waals surface area contributed by atoms with E-state index in [-0.39, 0.29) is 28.5 Å². The third-order valence-electron chi connectivity index (χ3n) is 11.5. The first-order valence-corrected chi connectivity index (χ1v) is 15.5. The van der Waals surface area contributed by atoms with Gasteiger partial charge in [0.2, 0.25) is 11.7 Å². The first-order chi connectivity index (χ1) is 20.5. The fourth-order valence-corrected chi connectivity index (χ4v) is 8.92. The number of pyridine rings is 1. The van der Waals surface area contributed by atoms with Crippen LogP contribution in [0.15, 0.2) is 42.6 Å². The number of carbonyl (C=O) groups excluding carboxylic acids is 2. The minimum absolute atomic E-state index is 0.0816. The summed E-state index contributed by atoms with van der Waals surface area (Å²) in [4.78, 5) is 49.3. The second-order valence-electron chi connectivity index (χ2n) is 14.5. The number of aromatic nitrogens is 3. The van der Waals surface area contributed by atoms with Gasteiger partial charge in [-0.15, -0.1) is 5.10 Å². The molecule has 2 atom stereocenters. The lowest BCUT2D eigenvalue weighted by Gasteiger charge is -2.67. The van der Waals surface area contributed by atoms with E-state index in [2.05, 4.69) is 58.3 Å². The normalized spacial score (nSPS) is 32.8. The molecule has 1 N–H and O–H groups in total. The summed E-state index contributed by atoms with van der Waals surface area (Å²) in [6.45, 7) is 8.74. The molecule has 5 heterocycles. The Bertz CT molecular complexity index is 1670. The van der Waals surface area contributed by atoms with E-state index < -0.39 is 16.8 Å². The van der Waals surface area contributed by atoms with Gasteiger partial charge >= 0.3 is 5.97 Å². The Morgan fingerprint density at radius 1 is 0.884 bits per heavy atom. The fourth-order valence-electron chi connectivity index (χ4n) is 8.92. The Balaban J connectivity index is 0.946. The predicted molar refractivity (Wildman–Crippen MR) is 159 cm³/mol. The zero-order valence-corrected chi connectivity index (χ0v) is 24.9. The quantitative estimate of drug-likeness (QED) is 0.490. The molecule has 0 unspecified atom stereocenters. The van der Waals surface area contributed by atoms with Gasteiger partial charge in [0.25, 0.3) is 5.91 Å². The van der Waals surface area contributed by atoms with Gasteiger partial charge in [-0.05, 0) is 62.6 Å². The zero-order chi connectivity index (χ0) is 29.8. The maximum absolute atomic E-state index is 13.6. The zero-order valence-electron chi connectivity index (χ0n) is 24.9. The Kier molecular flexibility index (Phi) is 5.45. The standard InChI is InChI=1S/C33H38N6O4/c1-22-14-24(36-11-8-30(2,19-36)23-6-4-3-5-7-23)15-39-26(22)34-25(35-39)27(40)37-12-9-31(20-37)10-13-38(21-31)28(41)32-16-33(17-32,18-32)29(42)43/h3-7,14-15H,8-13,16-21H2,1-2H3,(H,42,43)/t30-,31+,32?,33?/m0/s1. The lowest BCUT2D eigenvalue weighted by Crippen LogP contribution is -2.70. The Morgan fingerprint density at radius 3 is 2.30 bits per heavy atom. The van der Waals surface area contributed by atoms with Crippen LogP contribution in [-0.2, 0) is 15.0 Å². The second kappa shape index (κ2) is 8.80. The number of anilines is 1. The molecule has 1 spiro atoms. The van der Waals surface area contributed by atoms with Crippen LogP contribution in [0.2, 0.25) is 0 Å². The Morgan fingerprint density at radius 2 is 1.58 bits per heavy atom. The molecule has 3 aromatic rings. The highest BCUT2D eigenvalue weighted by Gasteiger charge is 2.76. The van der Waals surface area contributed by atoms with Crippen LogP contribution in [-0.4, -0.2) is 86.6 Å². The number of amides is 2. The van der Waals surface area contributed by atoms with E-state index in [1.54, 1.807) is 4.52 Å². The van der Waals surface area contributed by atoms with Crippen LogP contribution in [0.5, 0.6) is 0 Å². The predicted octanol–water partition coefficient (Wildman–Crippen LogP) is 3.53. The molecule has 43 heavy (non-hydrogen) atoms. The van der Waals surface area contributed by atoms with Gasteiger partial charge in [0.05, 0.1) is 22.7 Å². The van der Waals surface area contributed by atoms with Crippen molar-refractivity contribution in [3.8, 4) is 0 Å². The third kappa shape index (κ3) is 3.87. The maximum atomic E-state index is 13.6. The van der Waals surface area contributed by atoms with E-state index in [9.17, 15) is 19.5 Å². The van der Waals surface area contributed by atoms with E-state index >= 15 is 0 Å². The van der Waals surface area contributed by atoms with Gasteiger partial charge in [-0.1, -0.05) is 37.3 Å². The number of rotatable bonds is 5. The largest absolute Gasteiger partial charge is 0.481 e. The minimum Gasteiger partial charge on any atom is -0.481 e. The second-order valence-corrected chi connectivity index (χ2v) is 14.5.